The summed E-state index contributed by atoms with van der Waals surface area (Å²) >= 11 is 0. The lowest BCUT2D eigenvalue weighted by Gasteiger charge is -1.90. The third-order valence-corrected chi connectivity index (χ3v) is 0.980. The normalized spacial score (nSPS) is 10.8. The number of hydrogen-bond acceptors (Lipinski definition) is 1. The molecule has 0 aromatic heterocycles. The Morgan fingerprint density at radius 2 is 2.00 bits per heavy atom. The summed E-state index contributed by atoms with van der Waals surface area (Å²) in [5, 5.41) is 0. The lowest BCUT2D eigenvalue weighted by atomic mass is 10.2. The van der Waals surface area contributed by atoms with Crippen molar-refractivity contribution in [1.82, 2.24) is 0 Å². The van der Waals surface area contributed by atoms with E-state index in [4.69, 9.17) is 7.10 Å². The molecule has 1 heteroatoms. The van der Waals surface area contributed by atoms with Gasteiger partial charge in [0.05, 0.1) is 0 Å². The number of aryl methyl sites for hydroxylation is 1. The number of anilines is 1. The average molecular weight is 108 g/mol. The number of nitrogen functional groups attached to an aromatic ring is 1. The van der Waals surface area contributed by atoms with E-state index in [1.165, 1.54) is 0 Å². The molecule has 0 saturated carbocycles. The first-order valence-corrected chi connectivity index (χ1v) is 2.46. The molecule has 0 unspecified atom stereocenters. The highest BCUT2D eigenvalue weighted by atomic mass is 14.5. The average Bonchev–Trinajstić information content (AvgIpc) is 1.90. The van der Waals surface area contributed by atoms with E-state index in [-0.39, 0.29) is 0 Å². The van der Waals surface area contributed by atoms with Gasteiger partial charge in [-0.3, -0.25) is 0 Å². The molecule has 0 atom stereocenters. The third-order valence-electron chi connectivity index (χ3n) is 0.980. The van der Waals surface area contributed by atoms with Crippen molar-refractivity contribution in [1.29, 1.82) is 0 Å². The van der Waals surface area contributed by atoms with E-state index < -0.39 is 0 Å². The van der Waals surface area contributed by atoms with E-state index in [0.29, 0.717) is 6.90 Å². The Labute approximate surface area is 50.5 Å². The summed E-state index contributed by atoms with van der Waals surface area (Å²) in [6.45, 7) is 0.334. The molecule has 0 spiro atoms. The zero-order chi connectivity index (χ0) is 6.69. The number of hydrogen-bond donors (Lipinski definition) is 1. The minimum Gasteiger partial charge on any atom is -0.399 e. The van der Waals surface area contributed by atoms with Gasteiger partial charge in [-0.1, -0.05) is 17.7 Å². The van der Waals surface area contributed by atoms with Crippen molar-refractivity contribution in [2.45, 2.75) is 6.90 Å². The first kappa shape index (κ1) is 3.96. The monoisotopic (exact) mass is 108 g/mol. The zero-order valence-electron chi connectivity index (χ0n) is 5.59. The van der Waals surface area contributed by atoms with E-state index in [0.717, 1.165) is 11.3 Å². The summed E-state index contributed by atoms with van der Waals surface area (Å²) in [7, 11) is 0. The molecule has 8 heavy (non-hydrogen) atoms. The van der Waals surface area contributed by atoms with Crippen molar-refractivity contribution in [3.63, 3.8) is 0 Å². The second-order valence-electron chi connectivity index (χ2n) is 1.74. The molecule has 0 heterocycles. The predicted octanol–water partition coefficient (Wildman–Crippen LogP) is 1.58. The van der Waals surface area contributed by atoms with Gasteiger partial charge in [0.2, 0.25) is 0 Å². The van der Waals surface area contributed by atoms with Crippen LogP contribution in [0.15, 0.2) is 24.3 Å². The second kappa shape index (κ2) is 1.86. The van der Waals surface area contributed by atoms with Gasteiger partial charge in [0, 0.05) is 7.06 Å². The zero-order valence-corrected chi connectivity index (χ0v) is 4.59. The van der Waals surface area contributed by atoms with Crippen molar-refractivity contribution in [2.75, 3.05) is 5.73 Å². The molecule has 1 aromatic carbocycles. The van der Waals surface area contributed by atoms with E-state index in [9.17, 15) is 0 Å². The van der Waals surface area contributed by atoms with Gasteiger partial charge < -0.3 is 5.73 Å². The number of benzene rings is 1. The minimum absolute atomic E-state index is 0.334. The second-order valence-corrected chi connectivity index (χ2v) is 1.74. The molecular weight excluding hydrogens is 98.1 g/mol. The molecule has 0 bridgehead atoms. The van der Waals surface area contributed by atoms with Crippen LogP contribution in [-0.2, 0) is 0 Å². The Morgan fingerprint density at radius 1 is 1.38 bits per heavy atom. The van der Waals surface area contributed by atoms with E-state index in [2.05, 4.69) is 0 Å². The fourth-order valence-corrected chi connectivity index (χ4v) is 0.518. The van der Waals surface area contributed by atoms with Crippen LogP contribution in [0.1, 0.15) is 6.93 Å². The first-order valence-electron chi connectivity index (χ1n) is 3.17. The summed E-state index contributed by atoms with van der Waals surface area (Å²) in [4.78, 5) is 0. The molecule has 0 saturated heterocycles. The minimum atomic E-state index is 0.334. The lowest BCUT2D eigenvalue weighted by Crippen LogP contribution is -1.81. The summed E-state index contributed by atoms with van der Waals surface area (Å²) in [5.74, 6) is 0. The highest BCUT2D eigenvalue weighted by Crippen LogP contribution is 2.02. The van der Waals surface area contributed by atoms with Gasteiger partial charge in [-0.2, -0.15) is 0 Å². The highest BCUT2D eigenvalue weighted by Gasteiger charge is 1.80. The number of rotatable bonds is 0. The quantitative estimate of drug-likeness (QED) is 0.502. The van der Waals surface area contributed by atoms with E-state index in [1.54, 1.807) is 0 Å². The number of nitrogens with two attached hydrogens (primary N) is 1. The molecule has 42 valence electrons. The van der Waals surface area contributed by atoms with Gasteiger partial charge >= 0.3 is 0 Å². The molecule has 2 N–H and O–H groups in total. The van der Waals surface area contributed by atoms with Crippen LogP contribution in [0.25, 0.3) is 0 Å². The van der Waals surface area contributed by atoms with Crippen molar-refractivity contribution < 1.29 is 1.37 Å². The fraction of sp³-hybridized carbons (Fsp3) is 0.143. The Balaban J connectivity index is 2.88. The Bertz CT molecular complexity index is 181. The smallest absolute Gasteiger partial charge is 0.0314 e. The van der Waals surface area contributed by atoms with Gasteiger partial charge in [0.25, 0.3) is 0 Å². The molecule has 0 aliphatic rings. The van der Waals surface area contributed by atoms with Crippen LogP contribution in [0.3, 0.4) is 0 Å². The Morgan fingerprint density at radius 3 is 2.50 bits per heavy atom. The highest BCUT2D eigenvalue weighted by molar-refractivity contribution is 5.38. The van der Waals surface area contributed by atoms with Crippen LogP contribution in [-0.4, -0.2) is 0 Å². The molecular formula is C7H9N. The van der Waals surface area contributed by atoms with Gasteiger partial charge in [-0.15, -0.1) is 0 Å². The maximum Gasteiger partial charge on any atom is 0.0314 e. The van der Waals surface area contributed by atoms with Gasteiger partial charge in [-0.05, 0) is 19.0 Å². The van der Waals surface area contributed by atoms with Crippen LogP contribution in [0.2, 0.25) is 0 Å². The summed E-state index contributed by atoms with van der Waals surface area (Å²) in [5.41, 5.74) is 7.18. The first-order chi connectivity index (χ1) is 4.33. The molecule has 1 rings (SSSR count). The molecule has 0 fully saturated rings. The molecule has 0 radical (unpaired) electrons. The topological polar surface area (TPSA) is 26.0 Å². The molecule has 0 amide bonds. The Kier molecular flexibility index (Phi) is 0.922. The van der Waals surface area contributed by atoms with Crippen molar-refractivity contribution in [3.05, 3.63) is 29.8 Å². The van der Waals surface area contributed by atoms with Crippen LogP contribution in [0.4, 0.5) is 5.69 Å². The molecule has 0 aliphatic carbocycles. The van der Waals surface area contributed by atoms with Crippen LogP contribution in [0.5, 0.6) is 0 Å². The van der Waals surface area contributed by atoms with Gasteiger partial charge in [0.1, 0.15) is 0 Å². The molecule has 1 aromatic rings. The molecule has 1 nitrogen and oxygen atoms in total. The van der Waals surface area contributed by atoms with Gasteiger partial charge in [-0.25, -0.2) is 0 Å². The molecule has 0 aliphatic heterocycles. The van der Waals surface area contributed by atoms with E-state index in [1.807, 2.05) is 24.3 Å². The van der Waals surface area contributed by atoms with E-state index >= 15 is 0 Å². The summed E-state index contributed by atoms with van der Waals surface area (Å²) in [6, 6.07) is 7.35. The van der Waals surface area contributed by atoms with Crippen molar-refractivity contribution >= 4 is 5.69 Å². The van der Waals surface area contributed by atoms with Crippen LogP contribution in [0, 0.1) is 6.90 Å². The summed E-state index contributed by atoms with van der Waals surface area (Å²) in [6.07, 6.45) is 0. The lowest BCUT2D eigenvalue weighted by molar-refractivity contribution is 1.47. The van der Waals surface area contributed by atoms with Crippen LogP contribution >= 0.6 is 0 Å². The summed E-state index contributed by atoms with van der Waals surface area (Å²) < 4.78 is 6.97. The fourth-order valence-electron chi connectivity index (χ4n) is 0.518. The SMILES string of the molecule is [2H]Cc1ccc(N)cc1. The largest absolute Gasteiger partial charge is 0.399 e. The maximum atomic E-state index is 6.97. The van der Waals surface area contributed by atoms with Gasteiger partial charge in [0.15, 0.2) is 0 Å². The standard InChI is InChI=1S/C7H9N/c1-6-2-4-7(8)5-3-6/h2-5H,8H2,1H3/i1D. The van der Waals surface area contributed by atoms with Crippen molar-refractivity contribution in [2.24, 2.45) is 0 Å². The maximum absolute atomic E-state index is 6.97. The predicted molar refractivity (Wildman–Crippen MR) is 35.6 cm³/mol. The Hall–Kier alpha value is -0.980. The third kappa shape index (κ3) is 0.997. The van der Waals surface area contributed by atoms with Crippen LogP contribution < -0.4 is 5.73 Å². The van der Waals surface area contributed by atoms with Crippen molar-refractivity contribution in [3.8, 4) is 0 Å².